The van der Waals surface area contributed by atoms with Gasteiger partial charge in [0, 0.05) is 13.9 Å². The van der Waals surface area contributed by atoms with Gasteiger partial charge in [0.2, 0.25) is 5.91 Å². The van der Waals surface area contributed by atoms with E-state index in [1.165, 1.54) is 0 Å². The molecule has 0 spiro atoms. The topological polar surface area (TPSA) is 29.1 Å². The lowest BCUT2D eigenvalue weighted by Crippen LogP contribution is -2.23. The second-order valence-corrected chi connectivity index (χ2v) is 2.21. The van der Waals surface area contributed by atoms with Crippen LogP contribution in [0.15, 0.2) is 0 Å². The summed E-state index contributed by atoms with van der Waals surface area (Å²) in [7, 11) is 0. The smallest absolute Gasteiger partial charge is 0.220 e. The number of amides is 1. The van der Waals surface area contributed by atoms with Crippen LogP contribution in [-0.4, -0.2) is 11.9 Å². The van der Waals surface area contributed by atoms with Crippen LogP contribution in [0.2, 0.25) is 0 Å². The molecule has 0 bridgehead atoms. The SMILES string of the molecule is CC[C@@H]1CCC(=O)N1.[HH]. The van der Waals surface area contributed by atoms with E-state index in [0.717, 1.165) is 19.3 Å². The van der Waals surface area contributed by atoms with Crippen molar-refractivity contribution in [2.45, 2.75) is 32.2 Å². The van der Waals surface area contributed by atoms with Crippen molar-refractivity contribution in [3.63, 3.8) is 0 Å². The van der Waals surface area contributed by atoms with E-state index in [9.17, 15) is 4.79 Å². The zero-order valence-electron chi connectivity index (χ0n) is 5.11. The van der Waals surface area contributed by atoms with Crippen LogP contribution < -0.4 is 5.32 Å². The Balaban J connectivity index is 0.000000640. The average Bonchev–Trinajstić information content (AvgIpc) is 2.14. The second-order valence-electron chi connectivity index (χ2n) is 2.21. The summed E-state index contributed by atoms with van der Waals surface area (Å²) in [5, 5.41) is 2.86. The van der Waals surface area contributed by atoms with E-state index in [1.807, 2.05) is 0 Å². The maximum Gasteiger partial charge on any atom is 0.220 e. The first-order valence-electron chi connectivity index (χ1n) is 3.12. The lowest BCUT2D eigenvalue weighted by atomic mass is 10.2. The first kappa shape index (κ1) is 5.60. The molecule has 1 aliphatic heterocycles. The van der Waals surface area contributed by atoms with Gasteiger partial charge in [0.1, 0.15) is 0 Å². The third-order valence-corrected chi connectivity index (χ3v) is 1.58. The predicted molar refractivity (Wildman–Crippen MR) is 33.6 cm³/mol. The van der Waals surface area contributed by atoms with Crippen molar-refractivity contribution in [3.8, 4) is 0 Å². The minimum absolute atomic E-state index is 0. The van der Waals surface area contributed by atoms with Crippen LogP contribution in [0, 0.1) is 0 Å². The Morgan fingerprint density at radius 3 is 3.00 bits per heavy atom. The molecule has 0 aromatic rings. The van der Waals surface area contributed by atoms with Gasteiger partial charge in [-0.2, -0.15) is 0 Å². The zero-order chi connectivity index (χ0) is 5.98. The van der Waals surface area contributed by atoms with Gasteiger partial charge in [-0.1, -0.05) is 6.92 Å². The second kappa shape index (κ2) is 2.16. The van der Waals surface area contributed by atoms with Crippen LogP contribution in [0.5, 0.6) is 0 Å². The van der Waals surface area contributed by atoms with Crippen LogP contribution in [0.1, 0.15) is 27.6 Å². The highest BCUT2D eigenvalue weighted by atomic mass is 16.1. The number of hydrogen-bond acceptors (Lipinski definition) is 1. The molecule has 0 unspecified atom stereocenters. The lowest BCUT2D eigenvalue weighted by molar-refractivity contribution is -0.119. The van der Waals surface area contributed by atoms with Gasteiger partial charge in [-0.15, -0.1) is 0 Å². The number of carbonyl (C=O) groups is 1. The van der Waals surface area contributed by atoms with Gasteiger partial charge in [0.15, 0.2) is 0 Å². The Kier molecular flexibility index (Phi) is 1.51. The summed E-state index contributed by atoms with van der Waals surface area (Å²) in [5.41, 5.74) is 0. The molecule has 0 aliphatic carbocycles. The maximum absolute atomic E-state index is 10.5. The third-order valence-electron chi connectivity index (χ3n) is 1.58. The Hall–Kier alpha value is -0.530. The van der Waals surface area contributed by atoms with Gasteiger partial charge in [-0.25, -0.2) is 0 Å². The highest BCUT2D eigenvalue weighted by Crippen LogP contribution is 2.08. The molecule has 2 nitrogen and oxygen atoms in total. The van der Waals surface area contributed by atoms with Gasteiger partial charge < -0.3 is 5.32 Å². The third kappa shape index (κ3) is 0.997. The largest absolute Gasteiger partial charge is 0.353 e. The molecule has 1 amide bonds. The van der Waals surface area contributed by atoms with E-state index in [1.54, 1.807) is 0 Å². The Bertz CT molecular complexity index is 105. The summed E-state index contributed by atoms with van der Waals surface area (Å²) in [4.78, 5) is 10.5. The molecule has 2 heteroatoms. The van der Waals surface area contributed by atoms with Crippen molar-refractivity contribution in [1.82, 2.24) is 5.32 Å². The van der Waals surface area contributed by atoms with E-state index in [-0.39, 0.29) is 7.33 Å². The molecule has 0 saturated carbocycles. The summed E-state index contributed by atoms with van der Waals surface area (Å²) >= 11 is 0. The van der Waals surface area contributed by atoms with Crippen LogP contribution >= 0.6 is 0 Å². The number of nitrogens with one attached hydrogen (secondary N) is 1. The van der Waals surface area contributed by atoms with Crippen molar-refractivity contribution < 1.29 is 6.22 Å². The minimum atomic E-state index is 0. The van der Waals surface area contributed by atoms with Crippen LogP contribution in [0.3, 0.4) is 0 Å². The van der Waals surface area contributed by atoms with Gasteiger partial charge in [-0.05, 0) is 12.8 Å². The summed E-state index contributed by atoms with van der Waals surface area (Å²) in [5.74, 6) is 0.219. The van der Waals surface area contributed by atoms with Crippen molar-refractivity contribution in [1.29, 1.82) is 0 Å². The molecule has 1 fully saturated rings. The quantitative estimate of drug-likeness (QED) is 0.541. The van der Waals surface area contributed by atoms with Crippen molar-refractivity contribution in [2.24, 2.45) is 0 Å². The van der Waals surface area contributed by atoms with Crippen molar-refractivity contribution >= 4 is 5.91 Å². The fraction of sp³-hybridized carbons (Fsp3) is 0.833. The number of hydrogen-bond donors (Lipinski definition) is 1. The van der Waals surface area contributed by atoms with Crippen LogP contribution in [-0.2, 0) is 4.79 Å². The summed E-state index contributed by atoms with van der Waals surface area (Å²) in [6.07, 6.45) is 2.85. The van der Waals surface area contributed by atoms with Crippen molar-refractivity contribution in [3.05, 3.63) is 0 Å². The van der Waals surface area contributed by atoms with E-state index in [4.69, 9.17) is 0 Å². The minimum Gasteiger partial charge on any atom is -0.353 e. The summed E-state index contributed by atoms with van der Waals surface area (Å²) in [6.45, 7) is 2.09. The molecule has 48 valence electrons. The molecule has 8 heavy (non-hydrogen) atoms. The van der Waals surface area contributed by atoms with Gasteiger partial charge >= 0.3 is 0 Å². The lowest BCUT2D eigenvalue weighted by Gasteiger charge is -2.02. The monoisotopic (exact) mass is 115 g/mol. The van der Waals surface area contributed by atoms with E-state index in [2.05, 4.69) is 12.2 Å². The first-order chi connectivity index (χ1) is 3.83. The standard InChI is InChI=1S/C6H11NO.H2/c1-2-5-3-4-6(8)7-5;/h5H,2-4H2,1H3,(H,7,8);1H/t5-;/m1./s1. The van der Waals surface area contributed by atoms with E-state index in [0.29, 0.717) is 6.04 Å². The maximum atomic E-state index is 10.5. The number of carbonyl (C=O) groups excluding carboxylic acids is 1. The zero-order valence-corrected chi connectivity index (χ0v) is 5.11. The van der Waals surface area contributed by atoms with Gasteiger partial charge in [-0.3, -0.25) is 4.79 Å². The van der Waals surface area contributed by atoms with E-state index >= 15 is 0 Å². The fourth-order valence-corrected chi connectivity index (χ4v) is 0.984. The first-order valence-corrected chi connectivity index (χ1v) is 3.12. The fourth-order valence-electron chi connectivity index (χ4n) is 0.984. The molecule has 1 atom stereocenters. The number of rotatable bonds is 1. The summed E-state index contributed by atoms with van der Waals surface area (Å²) in [6, 6.07) is 0.475. The highest BCUT2D eigenvalue weighted by Gasteiger charge is 2.17. The molecule has 1 rings (SSSR count). The van der Waals surface area contributed by atoms with E-state index < -0.39 is 0 Å². The molecule has 1 heterocycles. The Morgan fingerprint density at radius 2 is 2.75 bits per heavy atom. The van der Waals surface area contributed by atoms with Crippen molar-refractivity contribution in [2.75, 3.05) is 0 Å². The highest BCUT2D eigenvalue weighted by molar-refractivity contribution is 5.78. The molecule has 1 saturated heterocycles. The molecule has 1 aliphatic rings. The molecule has 1 N–H and O–H groups in total. The normalized spacial score (nSPS) is 28.1. The predicted octanol–water partition coefficient (Wildman–Crippen LogP) is 0.921. The Morgan fingerprint density at radius 1 is 2.00 bits per heavy atom. The molecule has 0 aromatic carbocycles. The molecule has 0 radical (unpaired) electrons. The Labute approximate surface area is 50.8 Å². The molecular formula is C6H13NO. The average molecular weight is 115 g/mol. The van der Waals surface area contributed by atoms with Crippen LogP contribution in [0.4, 0.5) is 0 Å². The summed E-state index contributed by atoms with van der Waals surface area (Å²) < 4.78 is 0. The molecular weight excluding hydrogens is 102 g/mol. The van der Waals surface area contributed by atoms with Crippen LogP contribution in [0.25, 0.3) is 0 Å². The van der Waals surface area contributed by atoms with Gasteiger partial charge in [0.05, 0.1) is 0 Å². The molecule has 0 aromatic heterocycles. The van der Waals surface area contributed by atoms with Gasteiger partial charge in [0.25, 0.3) is 0 Å².